The number of nitrogens with one attached hydrogen (secondary N) is 1. The first kappa shape index (κ1) is 19.2. The first-order valence-electron chi connectivity index (χ1n) is 6.65. The quantitative estimate of drug-likeness (QED) is 0.563. The first-order chi connectivity index (χ1) is 10.4. The van der Waals surface area contributed by atoms with Crippen molar-refractivity contribution in [1.29, 1.82) is 0 Å². The van der Waals surface area contributed by atoms with Gasteiger partial charge in [-0.1, -0.05) is 37.0 Å². The summed E-state index contributed by atoms with van der Waals surface area (Å²) in [4.78, 5) is 24.2. The summed E-state index contributed by atoms with van der Waals surface area (Å²) in [5.41, 5.74) is -0.0740. The summed E-state index contributed by atoms with van der Waals surface area (Å²) in [5, 5.41) is 2.69. The summed E-state index contributed by atoms with van der Waals surface area (Å²) in [5.74, 6) is -0.974. The number of nitrogens with zero attached hydrogens (tertiary/aromatic N) is 1. The number of halogens is 2. The Labute approximate surface area is 143 Å². The molecule has 1 atom stereocenters. The van der Waals surface area contributed by atoms with E-state index in [-0.39, 0.29) is 26.9 Å². The molecule has 1 heterocycles. The Kier molecular flexibility index (Phi) is 8.09. The molecule has 6 nitrogen and oxygen atoms in total. The average molecular weight is 369 g/mol. The van der Waals surface area contributed by atoms with Crippen LogP contribution in [0, 0.1) is 5.92 Å². The number of hydrogen-bond acceptors (Lipinski definition) is 6. The number of amides is 1. The van der Waals surface area contributed by atoms with E-state index < -0.39 is 12.1 Å². The smallest absolute Gasteiger partial charge is 0.360 e. The molecular weight excluding hydrogens is 351 g/mol. The highest BCUT2D eigenvalue weighted by Crippen LogP contribution is 2.30. The molecule has 22 heavy (non-hydrogen) atoms. The van der Waals surface area contributed by atoms with Crippen molar-refractivity contribution in [3.63, 3.8) is 0 Å². The minimum Gasteiger partial charge on any atom is -0.447 e. The van der Waals surface area contributed by atoms with Gasteiger partial charge in [-0.2, -0.15) is 4.37 Å². The molecule has 0 spiro atoms. The highest BCUT2D eigenvalue weighted by atomic mass is 35.5. The molecule has 0 aliphatic carbocycles. The van der Waals surface area contributed by atoms with Crippen molar-refractivity contribution in [3.05, 3.63) is 15.1 Å². The molecule has 0 aliphatic heterocycles. The monoisotopic (exact) mass is 368 g/mol. The van der Waals surface area contributed by atoms with E-state index in [4.69, 9.17) is 32.7 Å². The van der Waals surface area contributed by atoms with Crippen molar-refractivity contribution in [1.82, 2.24) is 9.69 Å². The molecule has 0 unspecified atom stereocenters. The topological polar surface area (TPSA) is 77.5 Å². The number of esters is 1. The van der Waals surface area contributed by atoms with Crippen LogP contribution >= 0.6 is 34.7 Å². The van der Waals surface area contributed by atoms with Crippen molar-refractivity contribution in [3.8, 4) is 0 Å². The van der Waals surface area contributed by atoms with E-state index in [1.54, 1.807) is 0 Å². The lowest BCUT2D eigenvalue weighted by Gasteiger charge is -2.18. The van der Waals surface area contributed by atoms with Crippen LogP contribution in [0.5, 0.6) is 0 Å². The zero-order chi connectivity index (χ0) is 16.7. The molecule has 0 aromatic carbocycles. The van der Waals surface area contributed by atoms with Crippen LogP contribution in [0.2, 0.25) is 9.36 Å². The van der Waals surface area contributed by atoms with Crippen molar-refractivity contribution < 1.29 is 19.1 Å². The molecule has 1 amide bonds. The minimum absolute atomic E-state index is 0.0414. The van der Waals surface area contributed by atoms with Gasteiger partial charge in [0.1, 0.15) is 9.36 Å². The number of methoxy groups -OCH3 is 1. The molecule has 0 saturated heterocycles. The Hall–Kier alpha value is -0.890. The molecule has 1 aromatic heterocycles. The fraction of sp³-hybridized carbons (Fsp3) is 0.615. The lowest BCUT2D eigenvalue weighted by molar-refractivity contribution is -0.131. The summed E-state index contributed by atoms with van der Waals surface area (Å²) in [6.45, 7) is 4.57. The van der Waals surface area contributed by atoms with Crippen LogP contribution < -0.4 is 5.32 Å². The van der Waals surface area contributed by atoms with Crippen molar-refractivity contribution in [2.45, 2.75) is 26.4 Å². The Balaban J connectivity index is 2.73. The van der Waals surface area contributed by atoms with Gasteiger partial charge in [0.05, 0.1) is 6.61 Å². The van der Waals surface area contributed by atoms with Crippen LogP contribution in [0.25, 0.3) is 0 Å². The largest absolute Gasteiger partial charge is 0.447 e. The highest BCUT2D eigenvalue weighted by molar-refractivity contribution is 7.11. The van der Waals surface area contributed by atoms with Gasteiger partial charge in [0.2, 0.25) is 0 Å². The zero-order valence-electron chi connectivity index (χ0n) is 12.5. The maximum atomic E-state index is 12.1. The van der Waals surface area contributed by atoms with E-state index in [1.807, 2.05) is 13.8 Å². The SMILES string of the molecule is COCCNC(=O)[C@H](CC(C)C)OC(=O)c1nsc(Cl)c1Cl. The lowest BCUT2D eigenvalue weighted by atomic mass is 10.1. The Morgan fingerprint density at radius 2 is 2.05 bits per heavy atom. The van der Waals surface area contributed by atoms with Crippen LogP contribution in [0.4, 0.5) is 0 Å². The Morgan fingerprint density at radius 3 is 2.55 bits per heavy atom. The third kappa shape index (κ3) is 5.72. The number of carbonyl (C=O) groups is 2. The fourth-order valence-electron chi connectivity index (χ4n) is 1.60. The van der Waals surface area contributed by atoms with Gasteiger partial charge in [0.25, 0.3) is 5.91 Å². The average Bonchev–Trinajstić information content (AvgIpc) is 2.78. The third-order valence-corrected chi connectivity index (χ3v) is 4.23. The molecule has 0 fully saturated rings. The van der Waals surface area contributed by atoms with Crippen molar-refractivity contribution in [2.24, 2.45) is 5.92 Å². The van der Waals surface area contributed by atoms with Crippen LogP contribution in [0.15, 0.2) is 0 Å². The predicted molar refractivity (Wildman–Crippen MR) is 85.7 cm³/mol. The summed E-state index contributed by atoms with van der Waals surface area (Å²) >= 11 is 12.5. The standard InChI is InChI=1S/C13H18Cl2N2O4S/c1-7(2)6-8(12(18)16-4-5-20-3)21-13(19)10-9(14)11(15)22-17-10/h7-8H,4-6H2,1-3H3,(H,16,18)/t8-/m0/s1. The first-order valence-corrected chi connectivity index (χ1v) is 8.18. The van der Waals surface area contributed by atoms with Crippen molar-refractivity contribution in [2.75, 3.05) is 20.3 Å². The van der Waals surface area contributed by atoms with Crippen LogP contribution in [-0.2, 0) is 14.3 Å². The molecule has 9 heteroatoms. The normalized spacial score (nSPS) is 12.3. The van der Waals surface area contributed by atoms with Gasteiger partial charge < -0.3 is 14.8 Å². The summed E-state index contributed by atoms with van der Waals surface area (Å²) in [6.07, 6.45) is -0.527. The van der Waals surface area contributed by atoms with Gasteiger partial charge in [-0.3, -0.25) is 4.79 Å². The van der Waals surface area contributed by atoms with Crippen molar-refractivity contribution >= 4 is 46.6 Å². The van der Waals surface area contributed by atoms with Gasteiger partial charge in [-0.05, 0) is 23.9 Å². The molecule has 0 aliphatic rings. The highest BCUT2D eigenvalue weighted by Gasteiger charge is 2.27. The van der Waals surface area contributed by atoms with E-state index in [0.717, 1.165) is 11.5 Å². The van der Waals surface area contributed by atoms with Gasteiger partial charge in [-0.15, -0.1) is 0 Å². The number of rotatable bonds is 8. The van der Waals surface area contributed by atoms with E-state index >= 15 is 0 Å². The summed E-state index contributed by atoms with van der Waals surface area (Å²) in [6, 6.07) is 0. The zero-order valence-corrected chi connectivity index (χ0v) is 14.8. The number of ether oxygens (including phenoxy) is 2. The molecule has 0 radical (unpaired) electrons. The Bertz CT molecular complexity index is 522. The molecule has 1 aromatic rings. The summed E-state index contributed by atoms with van der Waals surface area (Å²) < 4.78 is 14.1. The fourth-order valence-corrected chi connectivity index (χ4v) is 2.58. The second kappa shape index (κ2) is 9.29. The Morgan fingerprint density at radius 1 is 1.36 bits per heavy atom. The summed E-state index contributed by atoms with van der Waals surface area (Å²) in [7, 11) is 1.53. The third-order valence-electron chi connectivity index (χ3n) is 2.62. The van der Waals surface area contributed by atoms with E-state index in [0.29, 0.717) is 19.6 Å². The number of aromatic nitrogens is 1. The van der Waals surface area contributed by atoms with Gasteiger partial charge in [0.15, 0.2) is 11.8 Å². The van der Waals surface area contributed by atoms with E-state index in [1.165, 1.54) is 7.11 Å². The predicted octanol–water partition coefficient (Wildman–Crippen LogP) is 2.78. The van der Waals surface area contributed by atoms with Crippen LogP contribution in [0.1, 0.15) is 30.8 Å². The maximum absolute atomic E-state index is 12.1. The molecule has 0 saturated carbocycles. The minimum atomic E-state index is -0.916. The van der Waals surface area contributed by atoms with Gasteiger partial charge >= 0.3 is 5.97 Å². The number of hydrogen-bond donors (Lipinski definition) is 1. The van der Waals surface area contributed by atoms with Gasteiger partial charge in [-0.25, -0.2) is 4.79 Å². The van der Waals surface area contributed by atoms with Gasteiger partial charge in [0, 0.05) is 13.7 Å². The van der Waals surface area contributed by atoms with Crippen LogP contribution in [0.3, 0.4) is 0 Å². The van der Waals surface area contributed by atoms with E-state index in [2.05, 4.69) is 9.69 Å². The second-order valence-corrected chi connectivity index (χ2v) is 6.68. The van der Waals surface area contributed by atoms with Crippen LogP contribution in [-0.4, -0.2) is 42.6 Å². The molecule has 1 rings (SSSR count). The molecule has 124 valence electrons. The number of carbonyl (C=O) groups excluding carboxylic acids is 2. The van der Waals surface area contributed by atoms with E-state index in [9.17, 15) is 9.59 Å². The molecular formula is C13H18Cl2N2O4S. The second-order valence-electron chi connectivity index (χ2n) is 4.93. The molecule has 1 N–H and O–H groups in total. The molecule has 0 bridgehead atoms. The lowest BCUT2D eigenvalue weighted by Crippen LogP contribution is -2.40. The maximum Gasteiger partial charge on any atom is 0.360 e.